The van der Waals surface area contributed by atoms with Gasteiger partial charge in [-0.05, 0) is 49.1 Å². The Kier molecular flexibility index (Phi) is 5.22. The van der Waals surface area contributed by atoms with Gasteiger partial charge in [-0.2, -0.15) is 0 Å². The van der Waals surface area contributed by atoms with Crippen molar-refractivity contribution in [3.8, 4) is 0 Å². The molecule has 5 heteroatoms. The molecule has 1 unspecified atom stereocenters. The summed E-state index contributed by atoms with van der Waals surface area (Å²) < 4.78 is 5.89. The quantitative estimate of drug-likeness (QED) is 0.897. The molecule has 0 aliphatic carbocycles. The fourth-order valence-corrected chi connectivity index (χ4v) is 3.33. The molecule has 132 valence electrons. The molecule has 2 aromatic rings. The molecule has 0 bridgehead atoms. The van der Waals surface area contributed by atoms with Gasteiger partial charge in [0.05, 0.1) is 18.0 Å². The first-order chi connectivity index (χ1) is 12.1. The van der Waals surface area contributed by atoms with Gasteiger partial charge in [-0.1, -0.05) is 19.1 Å². The smallest absolute Gasteiger partial charge is 0.335 e. The summed E-state index contributed by atoms with van der Waals surface area (Å²) in [4.78, 5) is 25.6. The van der Waals surface area contributed by atoms with Crippen molar-refractivity contribution in [1.82, 2.24) is 4.90 Å². The molecular formula is C20H23NO4. The summed E-state index contributed by atoms with van der Waals surface area (Å²) in [5, 5.41) is 8.96. The maximum Gasteiger partial charge on any atom is 0.335 e. The summed E-state index contributed by atoms with van der Waals surface area (Å²) in [7, 11) is 0. The Balaban J connectivity index is 1.73. The van der Waals surface area contributed by atoms with Crippen LogP contribution in [0.2, 0.25) is 0 Å². The number of carboxylic acid groups (broad SMARTS) is 1. The number of furan rings is 1. The second kappa shape index (κ2) is 7.55. The molecule has 1 atom stereocenters. The van der Waals surface area contributed by atoms with Crippen LogP contribution in [0.5, 0.6) is 0 Å². The van der Waals surface area contributed by atoms with Crippen LogP contribution >= 0.6 is 0 Å². The molecule has 5 nitrogen and oxygen atoms in total. The number of rotatable bonds is 5. The van der Waals surface area contributed by atoms with E-state index in [-0.39, 0.29) is 23.9 Å². The van der Waals surface area contributed by atoms with E-state index in [1.54, 1.807) is 24.3 Å². The topological polar surface area (TPSA) is 70.8 Å². The predicted octanol–water partition coefficient (Wildman–Crippen LogP) is 3.84. The van der Waals surface area contributed by atoms with Gasteiger partial charge < -0.3 is 14.4 Å². The first-order valence-electron chi connectivity index (χ1n) is 8.78. The second-order valence-electron chi connectivity index (χ2n) is 6.44. The Hall–Kier alpha value is -2.56. The van der Waals surface area contributed by atoms with Crippen LogP contribution in [0, 0.1) is 0 Å². The van der Waals surface area contributed by atoms with Crippen molar-refractivity contribution in [1.29, 1.82) is 0 Å². The first-order valence-corrected chi connectivity index (χ1v) is 8.78. The van der Waals surface area contributed by atoms with Crippen LogP contribution in [0.15, 0.2) is 40.8 Å². The third kappa shape index (κ3) is 3.92. The molecule has 1 aromatic heterocycles. The predicted molar refractivity (Wildman–Crippen MR) is 93.5 cm³/mol. The molecule has 1 aliphatic heterocycles. The van der Waals surface area contributed by atoms with Crippen LogP contribution < -0.4 is 0 Å². The zero-order valence-electron chi connectivity index (χ0n) is 14.4. The summed E-state index contributed by atoms with van der Waals surface area (Å²) in [5.41, 5.74) is 1.06. The zero-order chi connectivity index (χ0) is 17.8. The van der Waals surface area contributed by atoms with Crippen LogP contribution in [0.1, 0.15) is 59.7 Å². The van der Waals surface area contributed by atoms with Gasteiger partial charge in [0, 0.05) is 13.0 Å². The van der Waals surface area contributed by atoms with Crippen LogP contribution in [0.4, 0.5) is 0 Å². The van der Waals surface area contributed by atoms with Crippen LogP contribution in [0.3, 0.4) is 0 Å². The van der Waals surface area contributed by atoms with Crippen LogP contribution in [-0.4, -0.2) is 28.4 Å². The lowest BCUT2D eigenvalue weighted by atomic mass is 9.98. The highest BCUT2D eigenvalue weighted by Crippen LogP contribution is 2.32. The number of aromatic carboxylic acids is 1. The third-order valence-electron chi connectivity index (χ3n) is 4.74. The molecule has 0 radical (unpaired) electrons. The minimum atomic E-state index is -0.960. The number of likely N-dealkylation sites (tertiary alicyclic amines) is 1. The SMILES string of the molecule is CCc1ccc(C2CCCCN2C(=O)Cc2ccc(C(=O)O)cc2)o1. The molecule has 0 spiro atoms. The summed E-state index contributed by atoms with van der Waals surface area (Å²) in [6.07, 6.45) is 4.13. The third-order valence-corrected chi connectivity index (χ3v) is 4.74. The monoisotopic (exact) mass is 341 g/mol. The second-order valence-corrected chi connectivity index (χ2v) is 6.44. The van der Waals surface area contributed by atoms with Crippen molar-refractivity contribution in [2.75, 3.05) is 6.54 Å². The average molecular weight is 341 g/mol. The zero-order valence-corrected chi connectivity index (χ0v) is 14.4. The fourth-order valence-electron chi connectivity index (χ4n) is 3.33. The van der Waals surface area contributed by atoms with Crippen molar-refractivity contribution in [2.45, 2.75) is 45.1 Å². The van der Waals surface area contributed by atoms with E-state index >= 15 is 0 Å². The molecule has 1 aromatic carbocycles. The van der Waals surface area contributed by atoms with Gasteiger partial charge in [0.2, 0.25) is 5.91 Å². The normalized spacial score (nSPS) is 17.5. The average Bonchev–Trinajstić information content (AvgIpc) is 3.11. The Bertz CT molecular complexity index is 747. The molecule has 1 N–H and O–H groups in total. The van der Waals surface area contributed by atoms with E-state index in [1.165, 1.54) is 0 Å². The molecule has 25 heavy (non-hydrogen) atoms. The Morgan fingerprint density at radius 3 is 2.56 bits per heavy atom. The van der Waals surface area contributed by atoms with E-state index in [0.717, 1.165) is 49.3 Å². The molecule has 1 saturated heterocycles. The van der Waals surface area contributed by atoms with Crippen molar-refractivity contribution in [2.24, 2.45) is 0 Å². The highest BCUT2D eigenvalue weighted by molar-refractivity contribution is 5.87. The number of hydrogen-bond acceptors (Lipinski definition) is 3. The summed E-state index contributed by atoms with van der Waals surface area (Å²) in [5.74, 6) is 0.907. The molecule has 3 rings (SSSR count). The number of aryl methyl sites for hydroxylation is 1. The number of piperidine rings is 1. The van der Waals surface area contributed by atoms with Gasteiger partial charge in [-0.15, -0.1) is 0 Å². The van der Waals surface area contributed by atoms with Crippen LogP contribution in [-0.2, 0) is 17.6 Å². The van der Waals surface area contributed by atoms with Crippen LogP contribution in [0.25, 0.3) is 0 Å². The Labute approximate surface area is 147 Å². The Morgan fingerprint density at radius 2 is 1.92 bits per heavy atom. The van der Waals surface area contributed by atoms with Gasteiger partial charge in [0.25, 0.3) is 0 Å². The highest BCUT2D eigenvalue weighted by atomic mass is 16.4. The van der Waals surface area contributed by atoms with Gasteiger partial charge in [-0.25, -0.2) is 4.79 Å². The summed E-state index contributed by atoms with van der Waals surface area (Å²) >= 11 is 0. The maximum absolute atomic E-state index is 12.8. The maximum atomic E-state index is 12.8. The van der Waals surface area contributed by atoms with Crippen molar-refractivity contribution in [3.05, 3.63) is 59.0 Å². The molecule has 1 amide bonds. The number of carboxylic acids is 1. The van der Waals surface area contributed by atoms with Gasteiger partial charge >= 0.3 is 5.97 Å². The minimum Gasteiger partial charge on any atom is -0.478 e. The standard InChI is InChI=1S/C20H23NO4/c1-2-16-10-11-18(25-16)17-5-3-4-12-21(17)19(22)13-14-6-8-15(9-7-14)20(23)24/h6-11,17H,2-5,12-13H2,1H3,(H,23,24). The number of nitrogens with zero attached hydrogens (tertiary/aromatic N) is 1. The number of amides is 1. The van der Waals surface area contributed by atoms with Crippen molar-refractivity contribution >= 4 is 11.9 Å². The van der Waals surface area contributed by atoms with E-state index in [4.69, 9.17) is 9.52 Å². The largest absolute Gasteiger partial charge is 0.478 e. The molecular weight excluding hydrogens is 318 g/mol. The number of hydrogen-bond donors (Lipinski definition) is 1. The highest BCUT2D eigenvalue weighted by Gasteiger charge is 2.30. The van der Waals surface area contributed by atoms with E-state index in [0.29, 0.717) is 0 Å². The fraction of sp³-hybridized carbons (Fsp3) is 0.400. The van der Waals surface area contributed by atoms with E-state index in [2.05, 4.69) is 0 Å². The lowest BCUT2D eigenvalue weighted by Gasteiger charge is -2.34. The van der Waals surface area contributed by atoms with Gasteiger partial charge in [-0.3, -0.25) is 4.79 Å². The van der Waals surface area contributed by atoms with E-state index < -0.39 is 5.97 Å². The van der Waals surface area contributed by atoms with Gasteiger partial charge in [0.1, 0.15) is 11.5 Å². The number of carbonyl (C=O) groups is 2. The summed E-state index contributed by atoms with van der Waals surface area (Å²) in [6.45, 7) is 2.78. The van der Waals surface area contributed by atoms with Gasteiger partial charge in [0.15, 0.2) is 0 Å². The molecule has 1 aliphatic rings. The lowest BCUT2D eigenvalue weighted by molar-refractivity contribution is -0.134. The van der Waals surface area contributed by atoms with E-state index in [9.17, 15) is 9.59 Å². The Morgan fingerprint density at radius 1 is 1.16 bits per heavy atom. The molecule has 0 saturated carbocycles. The lowest BCUT2D eigenvalue weighted by Crippen LogP contribution is -2.39. The summed E-state index contributed by atoms with van der Waals surface area (Å²) in [6, 6.07) is 10.5. The number of carbonyl (C=O) groups excluding carboxylic acids is 1. The molecule has 1 fully saturated rings. The minimum absolute atomic E-state index is 0.000146. The molecule has 2 heterocycles. The van der Waals surface area contributed by atoms with Crippen molar-refractivity contribution < 1.29 is 19.1 Å². The first kappa shape index (κ1) is 17.3. The van der Waals surface area contributed by atoms with Crippen molar-refractivity contribution in [3.63, 3.8) is 0 Å². The van der Waals surface area contributed by atoms with E-state index in [1.807, 2.05) is 24.0 Å². The number of benzene rings is 1.